The average Bonchev–Trinajstić information content (AvgIpc) is 2.90. The molecule has 3 aromatic rings. The minimum Gasteiger partial charge on any atom is -0.478 e. The Morgan fingerprint density at radius 2 is 2.16 bits per heavy atom. The second-order valence-electron chi connectivity index (χ2n) is 3.64. The summed E-state index contributed by atoms with van der Waals surface area (Å²) in [7, 11) is 0. The van der Waals surface area contributed by atoms with Crippen LogP contribution in [-0.2, 0) is 0 Å². The number of carbonyl (C=O) groups is 1. The molecule has 3 rings (SSSR count). The first kappa shape index (κ1) is 12.1. The van der Waals surface area contributed by atoms with Gasteiger partial charge in [0.2, 0.25) is 0 Å². The van der Waals surface area contributed by atoms with Crippen LogP contribution < -0.4 is 0 Å². The molecule has 1 aromatic carbocycles. The lowest BCUT2D eigenvalue weighted by atomic mass is 10.1. The minimum atomic E-state index is -0.960. The van der Waals surface area contributed by atoms with Gasteiger partial charge in [0.15, 0.2) is 4.34 Å². The maximum atomic E-state index is 11.3. The molecule has 5 nitrogen and oxygen atoms in total. The topological polar surface area (TPSA) is 76.0 Å². The predicted molar refractivity (Wildman–Crippen MR) is 72.7 cm³/mol. The highest BCUT2D eigenvalue weighted by Crippen LogP contribution is 2.30. The van der Waals surface area contributed by atoms with E-state index in [9.17, 15) is 9.90 Å². The molecule has 0 saturated heterocycles. The molecule has 0 saturated carbocycles. The number of carboxylic acids is 1. The lowest BCUT2D eigenvalue weighted by Crippen LogP contribution is -1.99. The van der Waals surface area contributed by atoms with Crippen LogP contribution in [0.5, 0.6) is 0 Å². The van der Waals surface area contributed by atoms with E-state index in [1.165, 1.54) is 29.6 Å². The molecule has 2 aromatic heterocycles. The number of para-hydroxylation sites is 1. The van der Waals surface area contributed by atoms with Gasteiger partial charge in [-0.05, 0) is 35.4 Å². The molecule has 0 amide bonds. The number of aromatic nitrogens is 3. The van der Waals surface area contributed by atoms with Crippen molar-refractivity contribution < 1.29 is 9.90 Å². The molecular weight excluding hydrogens is 282 g/mol. The van der Waals surface area contributed by atoms with Crippen LogP contribution in [0.1, 0.15) is 10.4 Å². The number of hydrogen-bond donors (Lipinski definition) is 1. The summed E-state index contributed by atoms with van der Waals surface area (Å²) < 4.78 is 4.64. The van der Waals surface area contributed by atoms with Gasteiger partial charge in [-0.25, -0.2) is 14.8 Å². The summed E-state index contributed by atoms with van der Waals surface area (Å²) in [5.74, 6) is -0.960. The molecule has 0 bridgehead atoms. The van der Waals surface area contributed by atoms with Crippen LogP contribution in [0.25, 0.3) is 10.9 Å². The fourth-order valence-corrected chi connectivity index (χ4v) is 3.09. The van der Waals surface area contributed by atoms with Crippen LogP contribution in [0, 0.1) is 0 Å². The monoisotopic (exact) mass is 289 g/mol. The molecule has 0 fully saturated rings. The van der Waals surface area contributed by atoms with Crippen molar-refractivity contribution in [2.45, 2.75) is 9.37 Å². The third kappa shape index (κ3) is 2.42. The van der Waals surface area contributed by atoms with E-state index < -0.39 is 5.97 Å². The molecule has 19 heavy (non-hydrogen) atoms. The van der Waals surface area contributed by atoms with Crippen LogP contribution in [0.4, 0.5) is 0 Å². The quantitative estimate of drug-likeness (QED) is 0.799. The van der Waals surface area contributed by atoms with Gasteiger partial charge in [0.1, 0.15) is 11.4 Å². The Morgan fingerprint density at radius 1 is 1.32 bits per heavy atom. The van der Waals surface area contributed by atoms with Crippen molar-refractivity contribution in [3.8, 4) is 0 Å². The Morgan fingerprint density at radius 3 is 2.89 bits per heavy atom. The van der Waals surface area contributed by atoms with Gasteiger partial charge in [-0.2, -0.15) is 4.37 Å². The number of carboxylic acid groups (broad SMARTS) is 1. The van der Waals surface area contributed by atoms with Gasteiger partial charge in [0, 0.05) is 5.39 Å². The molecule has 1 N–H and O–H groups in total. The van der Waals surface area contributed by atoms with Crippen LogP contribution >= 0.6 is 23.3 Å². The Balaban J connectivity index is 2.13. The van der Waals surface area contributed by atoms with Gasteiger partial charge in [0.05, 0.1) is 11.1 Å². The van der Waals surface area contributed by atoms with Crippen LogP contribution in [0.2, 0.25) is 0 Å². The van der Waals surface area contributed by atoms with Gasteiger partial charge < -0.3 is 5.11 Å². The Kier molecular flexibility index (Phi) is 3.14. The molecule has 0 radical (unpaired) electrons. The van der Waals surface area contributed by atoms with Crippen molar-refractivity contribution in [1.29, 1.82) is 0 Å². The Hall–Kier alpha value is -1.99. The number of hydrogen-bond acceptors (Lipinski definition) is 6. The number of pyridine rings is 1. The van der Waals surface area contributed by atoms with E-state index in [0.717, 1.165) is 4.34 Å². The van der Waals surface area contributed by atoms with E-state index in [1.54, 1.807) is 24.3 Å². The predicted octanol–water partition coefficient (Wildman–Crippen LogP) is 2.94. The third-order valence-electron chi connectivity index (χ3n) is 2.46. The van der Waals surface area contributed by atoms with E-state index in [0.29, 0.717) is 15.9 Å². The lowest BCUT2D eigenvalue weighted by Gasteiger charge is -2.04. The second kappa shape index (κ2) is 4.94. The molecule has 0 atom stereocenters. The van der Waals surface area contributed by atoms with E-state index in [2.05, 4.69) is 14.3 Å². The standard InChI is InChI=1S/C12H7N3O2S2/c16-11(17)8-5-10(18-12-13-6-14-19-12)15-9-4-2-1-3-7(8)9/h1-6H,(H,16,17). The van der Waals surface area contributed by atoms with E-state index in [-0.39, 0.29) is 5.56 Å². The lowest BCUT2D eigenvalue weighted by molar-refractivity contribution is 0.0698. The summed E-state index contributed by atoms with van der Waals surface area (Å²) in [4.78, 5) is 19.8. The van der Waals surface area contributed by atoms with Crippen molar-refractivity contribution in [3.05, 3.63) is 42.2 Å². The Bertz CT molecular complexity index is 744. The first-order valence-electron chi connectivity index (χ1n) is 5.31. The number of fused-ring (bicyclic) bond motifs is 1. The molecular formula is C12H7N3O2S2. The van der Waals surface area contributed by atoms with Gasteiger partial charge in [-0.15, -0.1) is 0 Å². The molecule has 0 spiro atoms. The van der Waals surface area contributed by atoms with Crippen LogP contribution in [0.3, 0.4) is 0 Å². The first-order chi connectivity index (χ1) is 9.24. The minimum absolute atomic E-state index is 0.248. The summed E-state index contributed by atoms with van der Waals surface area (Å²) in [5, 5.41) is 10.5. The second-order valence-corrected chi connectivity index (χ2v) is 5.69. The van der Waals surface area contributed by atoms with Crippen molar-refractivity contribution in [3.63, 3.8) is 0 Å². The van der Waals surface area contributed by atoms with E-state index in [1.807, 2.05) is 6.07 Å². The van der Waals surface area contributed by atoms with Crippen molar-refractivity contribution in [2.75, 3.05) is 0 Å². The highest BCUT2D eigenvalue weighted by atomic mass is 32.2. The zero-order chi connectivity index (χ0) is 13.2. The fourth-order valence-electron chi connectivity index (χ4n) is 1.68. The molecule has 0 aliphatic rings. The van der Waals surface area contributed by atoms with Crippen molar-refractivity contribution in [1.82, 2.24) is 14.3 Å². The zero-order valence-electron chi connectivity index (χ0n) is 9.48. The van der Waals surface area contributed by atoms with Crippen LogP contribution in [0.15, 0.2) is 46.0 Å². The van der Waals surface area contributed by atoms with Crippen LogP contribution in [-0.4, -0.2) is 25.4 Å². The van der Waals surface area contributed by atoms with Gasteiger partial charge in [0.25, 0.3) is 0 Å². The maximum Gasteiger partial charge on any atom is 0.336 e. The Labute approximate surface area is 116 Å². The molecule has 7 heteroatoms. The highest BCUT2D eigenvalue weighted by molar-refractivity contribution is 8.00. The maximum absolute atomic E-state index is 11.3. The van der Waals surface area contributed by atoms with Gasteiger partial charge in [-0.1, -0.05) is 18.2 Å². The van der Waals surface area contributed by atoms with Crippen molar-refractivity contribution in [2.24, 2.45) is 0 Å². The summed E-state index contributed by atoms with van der Waals surface area (Å²) in [6.07, 6.45) is 1.46. The third-order valence-corrected chi connectivity index (χ3v) is 4.09. The normalized spacial score (nSPS) is 10.7. The zero-order valence-corrected chi connectivity index (χ0v) is 11.1. The summed E-state index contributed by atoms with van der Waals surface area (Å²) in [6, 6.07) is 8.75. The smallest absolute Gasteiger partial charge is 0.336 e. The molecule has 2 heterocycles. The fraction of sp³-hybridized carbons (Fsp3) is 0. The summed E-state index contributed by atoms with van der Waals surface area (Å²) in [5.41, 5.74) is 0.909. The summed E-state index contributed by atoms with van der Waals surface area (Å²) >= 11 is 2.56. The molecule has 0 aliphatic carbocycles. The highest BCUT2D eigenvalue weighted by Gasteiger charge is 2.13. The SMILES string of the molecule is O=C(O)c1cc(Sc2ncns2)nc2ccccc12. The summed E-state index contributed by atoms with van der Waals surface area (Å²) in [6.45, 7) is 0. The molecule has 0 unspecified atom stereocenters. The largest absolute Gasteiger partial charge is 0.478 e. The van der Waals surface area contributed by atoms with Gasteiger partial charge in [-0.3, -0.25) is 0 Å². The first-order valence-corrected chi connectivity index (χ1v) is 6.90. The van der Waals surface area contributed by atoms with Gasteiger partial charge >= 0.3 is 5.97 Å². The molecule has 0 aliphatic heterocycles. The number of nitrogens with zero attached hydrogens (tertiary/aromatic N) is 3. The number of rotatable bonds is 3. The number of aromatic carboxylic acids is 1. The van der Waals surface area contributed by atoms with E-state index in [4.69, 9.17) is 0 Å². The number of benzene rings is 1. The van der Waals surface area contributed by atoms with E-state index >= 15 is 0 Å². The van der Waals surface area contributed by atoms with Crippen molar-refractivity contribution >= 4 is 40.2 Å². The molecule has 94 valence electrons. The average molecular weight is 289 g/mol.